The van der Waals surface area contributed by atoms with Gasteiger partial charge in [-0.1, -0.05) is 6.92 Å². The first-order chi connectivity index (χ1) is 8.54. The van der Waals surface area contributed by atoms with Crippen molar-refractivity contribution in [2.45, 2.75) is 27.2 Å². The van der Waals surface area contributed by atoms with Crippen LogP contribution in [0.3, 0.4) is 0 Å². The number of methoxy groups -OCH3 is 1. The van der Waals surface area contributed by atoms with Gasteiger partial charge in [-0.05, 0) is 25.8 Å². The minimum Gasteiger partial charge on any atom is -0.462 e. The molecule has 0 radical (unpaired) electrons. The smallest absolute Gasteiger partial charge is 0.411 e. The number of rotatable bonds is 4. The van der Waals surface area contributed by atoms with E-state index in [1.807, 2.05) is 13.8 Å². The van der Waals surface area contributed by atoms with Crippen molar-refractivity contribution in [2.24, 2.45) is 0 Å². The largest absolute Gasteiger partial charge is 0.462 e. The van der Waals surface area contributed by atoms with Crippen LogP contribution in [0.1, 0.15) is 34.6 Å². The van der Waals surface area contributed by atoms with Crippen LogP contribution in [-0.2, 0) is 15.9 Å². The van der Waals surface area contributed by atoms with Crippen LogP contribution in [0.2, 0.25) is 0 Å². The molecule has 0 aliphatic rings. The van der Waals surface area contributed by atoms with E-state index in [1.54, 1.807) is 6.92 Å². The number of aryl methyl sites for hydroxylation is 1. The van der Waals surface area contributed by atoms with Crippen LogP contribution in [0.4, 0.5) is 9.80 Å². The monoisotopic (exact) mass is 271 g/mol. The third-order valence-electron chi connectivity index (χ3n) is 2.44. The molecule has 6 heteroatoms. The van der Waals surface area contributed by atoms with Gasteiger partial charge in [0, 0.05) is 4.88 Å². The van der Waals surface area contributed by atoms with E-state index >= 15 is 0 Å². The van der Waals surface area contributed by atoms with E-state index in [4.69, 9.17) is 4.74 Å². The van der Waals surface area contributed by atoms with Crippen LogP contribution >= 0.6 is 11.3 Å². The molecule has 1 N–H and O–H groups in total. The first-order valence-corrected chi connectivity index (χ1v) is 6.51. The topological polar surface area (TPSA) is 64.6 Å². The molecular weight excluding hydrogens is 254 g/mol. The van der Waals surface area contributed by atoms with Gasteiger partial charge in [0.1, 0.15) is 5.00 Å². The van der Waals surface area contributed by atoms with Crippen molar-refractivity contribution in [3.63, 3.8) is 0 Å². The Hall–Kier alpha value is -1.56. The lowest BCUT2D eigenvalue weighted by molar-refractivity contribution is 0.0527. The molecule has 5 nitrogen and oxygen atoms in total. The summed E-state index contributed by atoms with van der Waals surface area (Å²) in [5.41, 5.74) is 1.34. The highest BCUT2D eigenvalue weighted by Crippen LogP contribution is 2.34. The molecule has 0 aromatic carbocycles. The fourth-order valence-corrected chi connectivity index (χ4v) is 2.77. The van der Waals surface area contributed by atoms with Gasteiger partial charge < -0.3 is 9.47 Å². The molecule has 0 bridgehead atoms. The lowest BCUT2D eigenvalue weighted by atomic mass is 10.1. The molecule has 1 aromatic heterocycles. The van der Waals surface area contributed by atoms with Crippen LogP contribution in [0.5, 0.6) is 0 Å². The minimum absolute atomic E-state index is 0.300. The van der Waals surface area contributed by atoms with E-state index in [2.05, 4.69) is 10.1 Å². The van der Waals surface area contributed by atoms with Crippen molar-refractivity contribution in [3.05, 3.63) is 16.0 Å². The second kappa shape index (κ2) is 6.39. The summed E-state index contributed by atoms with van der Waals surface area (Å²) < 4.78 is 9.55. The number of amides is 1. The highest BCUT2D eigenvalue weighted by molar-refractivity contribution is 7.16. The molecular formula is C12H17NO4S. The molecule has 0 fully saturated rings. The van der Waals surface area contributed by atoms with Gasteiger partial charge >= 0.3 is 12.1 Å². The van der Waals surface area contributed by atoms with Gasteiger partial charge in [0.05, 0.1) is 19.3 Å². The summed E-state index contributed by atoms with van der Waals surface area (Å²) in [6.07, 6.45) is 0.115. The number of carbonyl (C=O) groups is 2. The minimum atomic E-state index is -0.593. The Labute approximate surface area is 110 Å². The molecule has 1 aromatic rings. The van der Waals surface area contributed by atoms with Gasteiger partial charge in [0.15, 0.2) is 0 Å². The van der Waals surface area contributed by atoms with E-state index < -0.39 is 12.1 Å². The highest BCUT2D eigenvalue weighted by Gasteiger charge is 2.23. The third kappa shape index (κ3) is 3.01. The summed E-state index contributed by atoms with van der Waals surface area (Å²) in [6.45, 7) is 5.92. The van der Waals surface area contributed by atoms with Crippen LogP contribution in [0.25, 0.3) is 0 Å². The summed E-state index contributed by atoms with van der Waals surface area (Å²) in [5, 5.41) is 3.03. The van der Waals surface area contributed by atoms with E-state index in [0.29, 0.717) is 23.6 Å². The Morgan fingerprint density at radius 1 is 1.33 bits per heavy atom. The van der Waals surface area contributed by atoms with Gasteiger partial charge in [-0.3, -0.25) is 5.32 Å². The maximum atomic E-state index is 11.9. The number of ether oxygens (including phenoxy) is 2. The first-order valence-electron chi connectivity index (χ1n) is 5.69. The molecule has 18 heavy (non-hydrogen) atoms. The Morgan fingerprint density at radius 3 is 2.50 bits per heavy atom. The average Bonchev–Trinajstić information content (AvgIpc) is 2.65. The quantitative estimate of drug-likeness (QED) is 0.855. The Kier molecular flexibility index (Phi) is 5.15. The molecule has 0 aliphatic heterocycles. The molecule has 1 rings (SSSR count). The number of hydrogen-bond acceptors (Lipinski definition) is 5. The molecule has 1 heterocycles. The van der Waals surface area contributed by atoms with Gasteiger partial charge in [0.25, 0.3) is 0 Å². The maximum Gasteiger partial charge on any atom is 0.411 e. The van der Waals surface area contributed by atoms with Gasteiger partial charge in [-0.25, -0.2) is 9.59 Å². The van der Waals surface area contributed by atoms with Crippen molar-refractivity contribution < 1.29 is 19.1 Å². The second-order valence-corrected chi connectivity index (χ2v) is 4.76. The van der Waals surface area contributed by atoms with E-state index in [0.717, 1.165) is 10.4 Å². The van der Waals surface area contributed by atoms with Crippen LogP contribution in [0, 0.1) is 6.92 Å². The summed E-state index contributed by atoms with van der Waals surface area (Å²) >= 11 is 1.35. The van der Waals surface area contributed by atoms with Crippen molar-refractivity contribution in [1.82, 2.24) is 0 Å². The van der Waals surface area contributed by atoms with Gasteiger partial charge in [0.2, 0.25) is 0 Å². The van der Waals surface area contributed by atoms with Crippen molar-refractivity contribution in [2.75, 3.05) is 19.0 Å². The summed E-state index contributed by atoms with van der Waals surface area (Å²) in [5.74, 6) is -0.412. The molecule has 0 atom stereocenters. The van der Waals surface area contributed by atoms with Crippen molar-refractivity contribution in [3.8, 4) is 0 Å². The number of esters is 1. The standard InChI is InChI=1S/C12H17NO4S/c1-5-8-7(3)18-10(13-12(15)16-4)9(8)11(14)17-6-2/h5-6H2,1-4H3,(H,13,15). The second-order valence-electron chi connectivity index (χ2n) is 3.53. The van der Waals surface area contributed by atoms with Gasteiger partial charge in [-0.15, -0.1) is 11.3 Å². The third-order valence-corrected chi connectivity index (χ3v) is 3.51. The predicted molar refractivity (Wildman–Crippen MR) is 70.4 cm³/mol. The van der Waals surface area contributed by atoms with Crippen LogP contribution in [0.15, 0.2) is 0 Å². The summed E-state index contributed by atoms with van der Waals surface area (Å²) in [6, 6.07) is 0. The fraction of sp³-hybridized carbons (Fsp3) is 0.500. The van der Waals surface area contributed by atoms with Crippen LogP contribution in [-0.4, -0.2) is 25.8 Å². The Balaban J connectivity index is 3.16. The molecule has 0 aliphatic carbocycles. The maximum absolute atomic E-state index is 11.9. The number of carbonyl (C=O) groups excluding carboxylic acids is 2. The lowest BCUT2D eigenvalue weighted by Gasteiger charge is -2.06. The van der Waals surface area contributed by atoms with Crippen molar-refractivity contribution in [1.29, 1.82) is 0 Å². The molecule has 0 saturated heterocycles. The van der Waals surface area contributed by atoms with E-state index in [-0.39, 0.29) is 0 Å². The zero-order valence-corrected chi connectivity index (χ0v) is 11.8. The molecule has 0 spiro atoms. The zero-order chi connectivity index (χ0) is 13.7. The molecule has 100 valence electrons. The van der Waals surface area contributed by atoms with Crippen molar-refractivity contribution >= 4 is 28.4 Å². The number of nitrogens with one attached hydrogen (secondary N) is 1. The molecule has 1 amide bonds. The van der Waals surface area contributed by atoms with E-state index in [1.165, 1.54) is 18.4 Å². The fourth-order valence-electron chi connectivity index (χ4n) is 1.66. The normalized spacial score (nSPS) is 10.0. The molecule has 0 unspecified atom stereocenters. The number of anilines is 1. The zero-order valence-electron chi connectivity index (χ0n) is 11.0. The van der Waals surface area contributed by atoms with Gasteiger partial charge in [-0.2, -0.15) is 0 Å². The highest BCUT2D eigenvalue weighted by atomic mass is 32.1. The number of thiophene rings is 1. The van der Waals surface area contributed by atoms with E-state index in [9.17, 15) is 9.59 Å². The predicted octanol–water partition coefficient (Wildman–Crippen LogP) is 2.97. The first kappa shape index (κ1) is 14.5. The molecule has 0 saturated carbocycles. The van der Waals surface area contributed by atoms with Crippen LogP contribution < -0.4 is 5.32 Å². The summed E-state index contributed by atoms with van der Waals surface area (Å²) in [4.78, 5) is 24.2. The summed E-state index contributed by atoms with van der Waals surface area (Å²) in [7, 11) is 1.28. The SMILES string of the molecule is CCOC(=O)c1c(NC(=O)OC)sc(C)c1CC. The lowest BCUT2D eigenvalue weighted by Crippen LogP contribution is -2.14. The Bertz CT molecular complexity index is 453. The Morgan fingerprint density at radius 2 is 2.00 bits per heavy atom. The number of hydrogen-bond donors (Lipinski definition) is 1. The average molecular weight is 271 g/mol.